The number of sulfonamides is 1. The first-order chi connectivity index (χ1) is 14.4. The molecule has 0 fully saturated rings. The Balaban J connectivity index is 1.69. The highest BCUT2D eigenvalue weighted by Gasteiger charge is 2.12. The summed E-state index contributed by atoms with van der Waals surface area (Å²) >= 11 is 1.34. The van der Waals surface area contributed by atoms with E-state index >= 15 is 0 Å². The summed E-state index contributed by atoms with van der Waals surface area (Å²) in [6, 6.07) is 16.6. The van der Waals surface area contributed by atoms with E-state index in [1.165, 1.54) is 17.4 Å². The molecule has 0 atom stereocenters. The van der Waals surface area contributed by atoms with Crippen LogP contribution in [0.1, 0.15) is 33.4 Å². The summed E-state index contributed by atoms with van der Waals surface area (Å²) in [6.45, 7) is 1.78. The second-order valence-electron chi connectivity index (χ2n) is 6.47. The monoisotopic (exact) mass is 443 g/mol. The molecule has 156 valence electrons. The molecule has 0 spiro atoms. The maximum absolute atomic E-state index is 12.6. The van der Waals surface area contributed by atoms with Gasteiger partial charge in [0.1, 0.15) is 0 Å². The molecule has 3 rings (SSSR count). The van der Waals surface area contributed by atoms with Gasteiger partial charge >= 0.3 is 0 Å². The molecule has 9 heteroatoms. The molecule has 7 nitrogen and oxygen atoms in total. The van der Waals surface area contributed by atoms with Crippen molar-refractivity contribution in [3.63, 3.8) is 0 Å². The first-order valence-electron chi connectivity index (χ1n) is 9.23. The van der Waals surface area contributed by atoms with Crippen LogP contribution in [0.5, 0.6) is 0 Å². The summed E-state index contributed by atoms with van der Waals surface area (Å²) in [5.74, 6) is -0.609. The largest absolute Gasteiger partial charge is 0.322 e. The fraction of sp³-hybridized carbons (Fsp3) is 0.143. The van der Waals surface area contributed by atoms with Gasteiger partial charge in [-0.1, -0.05) is 25.1 Å². The highest BCUT2D eigenvalue weighted by atomic mass is 32.2. The van der Waals surface area contributed by atoms with Crippen molar-refractivity contribution in [3.8, 4) is 0 Å². The topological polar surface area (TPSA) is 104 Å². The predicted octanol–water partition coefficient (Wildman–Crippen LogP) is 4.40. The van der Waals surface area contributed by atoms with Gasteiger partial charge in [0.15, 0.2) is 0 Å². The fourth-order valence-electron chi connectivity index (χ4n) is 2.70. The van der Waals surface area contributed by atoms with Crippen LogP contribution in [0.25, 0.3) is 0 Å². The van der Waals surface area contributed by atoms with E-state index in [0.717, 1.165) is 0 Å². The van der Waals surface area contributed by atoms with Gasteiger partial charge in [0.25, 0.3) is 11.8 Å². The lowest BCUT2D eigenvalue weighted by Gasteiger charge is -2.10. The van der Waals surface area contributed by atoms with E-state index in [4.69, 9.17) is 0 Å². The van der Waals surface area contributed by atoms with Gasteiger partial charge in [-0.25, -0.2) is 8.42 Å². The van der Waals surface area contributed by atoms with Gasteiger partial charge in [-0.15, -0.1) is 11.3 Å². The van der Waals surface area contributed by atoms with Gasteiger partial charge in [0, 0.05) is 22.6 Å². The third kappa shape index (κ3) is 5.91. The second kappa shape index (κ2) is 9.55. The van der Waals surface area contributed by atoms with E-state index in [9.17, 15) is 18.0 Å². The molecule has 1 aromatic heterocycles. The molecule has 2 aromatic carbocycles. The number of amides is 2. The van der Waals surface area contributed by atoms with Crippen LogP contribution in [0.15, 0.2) is 66.0 Å². The molecule has 0 unspecified atom stereocenters. The number of hydrogen-bond acceptors (Lipinski definition) is 5. The van der Waals surface area contributed by atoms with Gasteiger partial charge in [0.2, 0.25) is 10.0 Å². The van der Waals surface area contributed by atoms with E-state index in [0.29, 0.717) is 33.9 Å². The molecule has 3 aromatic rings. The Labute approximate surface area is 179 Å². The molecular formula is C21H21N3O4S2. The number of hydrogen-bond donors (Lipinski definition) is 3. The van der Waals surface area contributed by atoms with Crippen molar-refractivity contribution in [2.75, 3.05) is 21.1 Å². The van der Waals surface area contributed by atoms with Crippen molar-refractivity contribution in [1.82, 2.24) is 0 Å². The SMILES string of the molecule is CCCS(=O)(=O)Nc1cccc(C(=O)Nc2cccc(NC(=O)c3cccs3)c2)c1. The minimum absolute atomic E-state index is 0.00735. The molecule has 0 saturated heterocycles. The maximum atomic E-state index is 12.6. The number of benzene rings is 2. The van der Waals surface area contributed by atoms with E-state index in [-0.39, 0.29) is 11.7 Å². The smallest absolute Gasteiger partial charge is 0.265 e. The molecular weight excluding hydrogens is 422 g/mol. The number of thiophene rings is 1. The standard InChI is InChI=1S/C21H21N3O4S2/c1-2-12-30(27,28)24-18-9-3-6-15(13-18)20(25)22-16-7-4-8-17(14-16)23-21(26)19-10-5-11-29-19/h3-11,13-14,24H,2,12H2,1H3,(H,22,25)(H,23,26). The lowest BCUT2D eigenvalue weighted by Crippen LogP contribution is -2.17. The number of rotatable bonds is 8. The minimum atomic E-state index is -3.44. The summed E-state index contributed by atoms with van der Waals surface area (Å²) in [6.07, 6.45) is 0.495. The third-order valence-corrected chi connectivity index (χ3v) is 6.36. The Morgan fingerprint density at radius 2 is 1.53 bits per heavy atom. The molecule has 2 amide bonds. The first-order valence-corrected chi connectivity index (χ1v) is 11.8. The molecule has 0 aliphatic rings. The Bertz CT molecular complexity index is 1140. The number of anilines is 3. The second-order valence-corrected chi connectivity index (χ2v) is 9.26. The molecule has 0 aliphatic carbocycles. The highest BCUT2D eigenvalue weighted by molar-refractivity contribution is 7.92. The summed E-state index contributed by atoms with van der Waals surface area (Å²) in [4.78, 5) is 25.4. The third-order valence-electron chi connectivity index (χ3n) is 3.99. The molecule has 30 heavy (non-hydrogen) atoms. The van der Waals surface area contributed by atoms with E-state index in [1.54, 1.807) is 61.5 Å². The van der Waals surface area contributed by atoms with Crippen molar-refractivity contribution in [2.24, 2.45) is 0 Å². The Morgan fingerprint density at radius 3 is 2.20 bits per heavy atom. The number of carbonyl (C=O) groups excluding carboxylic acids is 2. The van der Waals surface area contributed by atoms with Crippen molar-refractivity contribution >= 4 is 50.2 Å². The van der Waals surface area contributed by atoms with Crippen molar-refractivity contribution in [2.45, 2.75) is 13.3 Å². The average Bonchev–Trinajstić information content (AvgIpc) is 3.23. The minimum Gasteiger partial charge on any atom is -0.322 e. The normalized spacial score (nSPS) is 11.0. The molecule has 0 bridgehead atoms. The van der Waals surface area contributed by atoms with Crippen LogP contribution in [-0.2, 0) is 10.0 Å². The molecule has 0 radical (unpaired) electrons. The molecule has 0 aliphatic heterocycles. The fourth-order valence-corrected chi connectivity index (χ4v) is 4.45. The number of nitrogens with one attached hydrogen (secondary N) is 3. The van der Waals surface area contributed by atoms with Crippen LogP contribution in [0.2, 0.25) is 0 Å². The van der Waals surface area contributed by atoms with Crippen LogP contribution in [0.4, 0.5) is 17.1 Å². The van der Waals surface area contributed by atoms with Gasteiger partial charge in [-0.2, -0.15) is 0 Å². The van der Waals surface area contributed by atoms with Crippen molar-refractivity contribution < 1.29 is 18.0 Å². The van der Waals surface area contributed by atoms with Crippen molar-refractivity contribution in [3.05, 3.63) is 76.5 Å². The van der Waals surface area contributed by atoms with Gasteiger partial charge < -0.3 is 10.6 Å². The summed E-state index contributed by atoms with van der Waals surface area (Å²) in [5.41, 5.74) is 1.68. The van der Waals surface area contributed by atoms with E-state index < -0.39 is 15.9 Å². The zero-order chi connectivity index (χ0) is 21.6. The van der Waals surface area contributed by atoms with Crippen LogP contribution in [0.3, 0.4) is 0 Å². The van der Waals surface area contributed by atoms with Gasteiger partial charge in [0.05, 0.1) is 10.6 Å². The Kier molecular flexibility index (Phi) is 6.86. The summed E-state index contributed by atoms with van der Waals surface area (Å²) in [5, 5.41) is 7.37. The van der Waals surface area contributed by atoms with E-state index in [2.05, 4.69) is 15.4 Å². The first kappa shape index (κ1) is 21.5. The molecule has 1 heterocycles. The quantitative estimate of drug-likeness (QED) is 0.480. The van der Waals surface area contributed by atoms with E-state index in [1.807, 2.05) is 5.38 Å². The number of carbonyl (C=O) groups is 2. The van der Waals surface area contributed by atoms with Gasteiger partial charge in [-0.3, -0.25) is 14.3 Å². The van der Waals surface area contributed by atoms with Crippen molar-refractivity contribution in [1.29, 1.82) is 0 Å². The lowest BCUT2D eigenvalue weighted by molar-refractivity contribution is 0.102. The highest BCUT2D eigenvalue weighted by Crippen LogP contribution is 2.19. The maximum Gasteiger partial charge on any atom is 0.265 e. The predicted molar refractivity (Wildman–Crippen MR) is 121 cm³/mol. The summed E-state index contributed by atoms with van der Waals surface area (Å²) in [7, 11) is -3.44. The summed E-state index contributed by atoms with van der Waals surface area (Å²) < 4.78 is 26.3. The van der Waals surface area contributed by atoms with Crippen LogP contribution >= 0.6 is 11.3 Å². The lowest BCUT2D eigenvalue weighted by atomic mass is 10.2. The average molecular weight is 444 g/mol. The molecule has 0 saturated carbocycles. The zero-order valence-electron chi connectivity index (χ0n) is 16.2. The Hall–Kier alpha value is -3.17. The Morgan fingerprint density at radius 1 is 0.867 bits per heavy atom. The van der Waals surface area contributed by atoms with Gasteiger partial charge in [-0.05, 0) is 54.3 Å². The van der Waals surface area contributed by atoms with Crippen LogP contribution in [-0.4, -0.2) is 26.0 Å². The van der Waals surface area contributed by atoms with Crippen LogP contribution in [0, 0.1) is 0 Å². The van der Waals surface area contributed by atoms with Crippen LogP contribution < -0.4 is 15.4 Å². The molecule has 3 N–H and O–H groups in total. The zero-order valence-corrected chi connectivity index (χ0v) is 17.8.